The molecule has 1 N–H and O–H groups in total. The molecule has 2 aromatic rings. The predicted molar refractivity (Wildman–Crippen MR) is 106 cm³/mol. The highest BCUT2D eigenvalue weighted by Gasteiger charge is 2.30. The lowest BCUT2D eigenvalue weighted by Gasteiger charge is -2.33. The molecule has 156 valence electrons. The van der Waals surface area contributed by atoms with Crippen molar-refractivity contribution in [2.45, 2.75) is 38.4 Å². The maximum absolute atomic E-state index is 12.7. The zero-order chi connectivity index (χ0) is 20.9. The van der Waals surface area contributed by atoms with Crippen molar-refractivity contribution >= 4 is 11.6 Å². The summed E-state index contributed by atoms with van der Waals surface area (Å²) in [6, 6.07) is 12.3. The van der Waals surface area contributed by atoms with Crippen LogP contribution in [0.1, 0.15) is 42.1 Å². The highest BCUT2D eigenvalue weighted by atomic mass is 19.4. The van der Waals surface area contributed by atoms with Crippen molar-refractivity contribution in [3.63, 3.8) is 0 Å². The van der Waals surface area contributed by atoms with Crippen LogP contribution in [0.25, 0.3) is 0 Å². The number of carbonyl (C=O) groups is 1. The molecule has 0 aliphatic carbocycles. The number of ether oxygens (including phenoxy) is 1. The maximum atomic E-state index is 12.7. The van der Waals surface area contributed by atoms with Crippen LogP contribution >= 0.6 is 0 Å². The van der Waals surface area contributed by atoms with Gasteiger partial charge in [0.05, 0.1) is 12.2 Å². The minimum atomic E-state index is -4.33. The van der Waals surface area contributed by atoms with E-state index >= 15 is 0 Å². The molecule has 1 heterocycles. The van der Waals surface area contributed by atoms with Crippen LogP contribution in [0.5, 0.6) is 5.75 Å². The van der Waals surface area contributed by atoms with Gasteiger partial charge in [0.2, 0.25) is 0 Å². The summed E-state index contributed by atoms with van der Waals surface area (Å²) >= 11 is 0. The van der Waals surface area contributed by atoms with Gasteiger partial charge in [-0.05, 0) is 67.8 Å². The Morgan fingerprint density at radius 3 is 2.24 bits per heavy atom. The zero-order valence-corrected chi connectivity index (χ0v) is 16.3. The van der Waals surface area contributed by atoms with Gasteiger partial charge in [0.15, 0.2) is 0 Å². The zero-order valence-electron chi connectivity index (χ0n) is 16.3. The maximum Gasteiger partial charge on any atom is 0.416 e. The molecule has 0 atom stereocenters. The van der Waals surface area contributed by atoms with Crippen molar-refractivity contribution in [3.8, 4) is 5.75 Å². The van der Waals surface area contributed by atoms with Crippen molar-refractivity contribution in [1.82, 2.24) is 4.90 Å². The van der Waals surface area contributed by atoms with E-state index in [-0.39, 0.29) is 11.9 Å². The fourth-order valence-corrected chi connectivity index (χ4v) is 3.31. The molecule has 0 bridgehead atoms. The Hall–Kier alpha value is -2.70. The first-order valence-corrected chi connectivity index (χ1v) is 9.82. The van der Waals surface area contributed by atoms with E-state index in [0.29, 0.717) is 30.9 Å². The number of carbonyl (C=O) groups excluding carboxylic acids is 1. The molecule has 29 heavy (non-hydrogen) atoms. The van der Waals surface area contributed by atoms with Crippen LogP contribution in [0.2, 0.25) is 0 Å². The normalized spacial score (nSPS) is 15.2. The van der Waals surface area contributed by atoms with E-state index in [9.17, 15) is 18.0 Å². The van der Waals surface area contributed by atoms with Crippen LogP contribution in [0, 0.1) is 0 Å². The van der Waals surface area contributed by atoms with Gasteiger partial charge in [-0.1, -0.05) is 6.92 Å². The summed E-state index contributed by atoms with van der Waals surface area (Å²) in [5.41, 5.74) is 0.628. The summed E-state index contributed by atoms with van der Waals surface area (Å²) in [5.74, 6) is 0.739. The third-order valence-electron chi connectivity index (χ3n) is 4.94. The second-order valence-corrected chi connectivity index (χ2v) is 7.16. The molecular formula is C22H25F3N2O2. The monoisotopic (exact) mass is 406 g/mol. The number of nitrogens with zero attached hydrogens (tertiary/aromatic N) is 1. The molecule has 3 rings (SSSR count). The van der Waals surface area contributed by atoms with Gasteiger partial charge in [0, 0.05) is 30.4 Å². The molecule has 1 fully saturated rings. The van der Waals surface area contributed by atoms with E-state index in [1.165, 1.54) is 12.1 Å². The first-order valence-electron chi connectivity index (χ1n) is 9.82. The van der Waals surface area contributed by atoms with Crippen molar-refractivity contribution in [3.05, 3.63) is 59.7 Å². The molecule has 0 spiro atoms. The van der Waals surface area contributed by atoms with Gasteiger partial charge < -0.3 is 15.0 Å². The Balaban J connectivity index is 1.50. The largest absolute Gasteiger partial charge is 0.494 e. The van der Waals surface area contributed by atoms with E-state index in [2.05, 4.69) is 5.32 Å². The highest BCUT2D eigenvalue weighted by Crippen LogP contribution is 2.30. The number of likely N-dealkylation sites (tertiary alicyclic amines) is 1. The van der Waals surface area contributed by atoms with Crippen LogP contribution in [0.3, 0.4) is 0 Å². The summed E-state index contributed by atoms with van der Waals surface area (Å²) in [6.45, 7) is 3.89. The molecule has 2 aromatic carbocycles. The third-order valence-corrected chi connectivity index (χ3v) is 4.94. The molecule has 4 nitrogen and oxygen atoms in total. The van der Waals surface area contributed by atoms with Gasteiger partial charge in [-0.2, -0.15) is 13.2 Å². The van der Waals surface area contributed by atoms with Crippen LogP contribution in [-0.4, -0.2) is 36.5 Å². The van der Waals surface area contributed by atoms with Crippen LogP contribution in [-0.2, 0) is 6.18 Å². The number of anilines is 1. The van der Waals surface area contributed by atoms with Crippen molar-refractivity contribution < 1.29 is 22.7 Å². The quantitative estimate of drug-likeness (QED) is 0.716. The van der Waals surface area contributed by atoms with E-state index < -0.39 is 11.7 Å². The number of rotatable bonds is 6. The van der Waals surface area contributed by atoms with Crippen LogP contribution in [0.4, 0.5) is 18.9 Å². The predicted octanol–water partition coefficient (Wildman–Crippen LogP) is 5.21. The lowest BCUT2D eigenvalue weighted by atomic mass is 10.0. The van der Waals surface area contributed by atoms with Gasteiger partial charge in [0.1, 0.15) is 5.75 Å². The molecule has 1 amide bonds. The Labute approximate surface area is 168 Å². The summed E-state index contributed by atoms with van der Waals surface area (Å²) in [7, 11) is 0. The fraction of sp³-hybridized carbons (Fsp3) is 0.409. The first-order chi connectivity index (χ1) is 13.9. The number of amides is 1. The summed E-state index contributed by atoms with van der Waals surface area (Å²) in [6.07, 6.45) is -1.92. The molecule has 1 aliphatic heterocycles. The fourth-order valence-electron chi connectivity index (χ4n) is 3.31. The summed E-state index contributed by atoms with van der Waals surface area (Å²) in [5, 5.41) is 3.26. The number of hydrogen-bond donors (Lipinski definition) is 1. The molecule has 0 radical (unpaired) electrons. The van der Waals surface area contributed by atoms with E-state index in [4.69, 9.17) is 4.74 Å². The lowest BCUT2D eigenvalue weighted by molar-refractivity contribution is -0.137. The molecule has 1 saturated heterocycles. The number of nitrogens with one attached hydrogen (secondary N) is 1. The number of alkyl halides is 3. The SMILES string of the molecule is CCCOc1ccc(C(=O)N2CCC(Nc3ccc(C(F)(F)F)cc3)CC2)cc1. The average molecular weight is 406 g/mol. The smallest absolute Gasteiger partial charge is 0.416 e. The van der Waals surface area contributed by atoms with Gasteiger partial charge in [-0.15, -0.1) is 0 Å². The second-order valence-electron chi connectivity index (χ2n) is 7.16. The van der Waals surface area contributed by atoms with Gasteiger partial charge >= 0.3 is 6.18 Å². The van der Waals surface area contributed by atoms with Crippen molar-refractivity contribution in [1.29, 1.82) is 0 Å². The molecule has 0 saturated carbocycles. The van der Waals surface area contributed by atoms with Crippen LogP contribution < -0.4 is 10.1 Å². The van der Waals surface area contributed by atoms with Crippen molar-refractivity contribution in [2.75, 3.05) is 25.0 Å². The minimum absolute atomic E-state index is 0.0139. The standard InChI is InChI=1S/C22H25F3N2O2/c1-2-15-29-20-9-3-16(4-10-20)21(28)27-13-11-19(12-14-27)26-18-7-5-17(6-8-18)22(23,24)25/h3-10,19,26H,2,11-15H2,1H3. The molecular weight excluding hydrogens is 381 g/mol. The van der Waals surface area contributed by atoms with E-state index in [0.717, 1.165) is 37.1 Å². The summed E-state index contributed by atoms with van der Waals surface area (Å²) < 4.78 is 43.5. The second kappa shape index (κ2) is 9.20. The van der Waals surface area contributed by atoms with Crippen molar-refractivity contribution in [2.24, 2.45) is 0 Å². The Morgan fingerprint density at radius 2 is 1.69 bits per heavy atom. The molecule has 0 aromatic heterocycles. The highest BCUT2D eigenvalue weighted by molar-refractivity contribution is 5.94. The number of benzene rings is 2. The van der Waals surface area contributed by atoms with E-state index in [1.807, 2.05) is 24.0 Å². The Morgan fingerprint density at radius 1 is 1.07 bits per heavy atom. The summed E-state index contributed by atoms with van der Waals surface area (Å²) in [4.78, 5) is 14.5. The minimum Gasteiger partial charge on any atom is -0.494 e. The van der Waals surface area contributed by atoms with E-state index in [1.54, 1.807) is 12.1 Å². The lowest BCUT2D eigenvalue weighted by Crippen LogP contribution is -2.42. The molecule has 0 unspecified atom stereocenters. The van der Waals surface area contributed by atoms with Crippen LogP contribution in [0.15, 0.2) is 48.5 Å². The number of halogens is 3. The Bertz CT molecular complexity index is 796. The van der Waals surface area contributed by atoms with Gasteiger partial charge in [-0.25, -0.2) is 0 Å². The van der Waals surface area contributed by atoms with Gasteiger partial charge in [-0.3, -0.25) is 4.79 Å². The number of piperidine rings is 1. The average Bonchev–Trinajstić information content (AvgIpc) is 2.72. The first kappa shape index (κ1) is 21.0. The Kier molecular flexibility index (Phi) is 6.67. The third kappa shape index (κ3) is 5.65. The molecule has 1 aliphatic rings. The topological polar surface area (TPSA) is 41.6 Å². The number of hydrogen-bond acceptors (Lipinski definition) is 3. The molecule has 7 heteroatoms. The van der Waals surface area contributed by atoms with Gasteiger partial charge in [0.25, 0.3) is 5.91 Å².